The summed E-state index contributed by atoms with van der Waals surface area (Å²) in [5, 5.41) is 0. The van der Waals surface area contributed by atoms with Crippen LogP contribution >= 0.6 is 27.3 Å². The van der Waals surface area contributed by atoms with Gasteiger partial charge in [0.05, 0.1) is 15.3 Å². The van der Waals surface area contributed by atoms with E-state index in [1.807, 2.05) is 20.8 Å². The number of aryl methyl sites for hydroxylation is 1. The minimum atomic E-state index is -3.44. The Hall–Kier alpha value is 0.0500. The van der Waals surface area contributed by atoms with Gasteiger partial charge in [0.25, 0.3) is 0 Å². The standard InChI is InChI=1S/C12H20BrNO3S2/c1-9(2)8-14(5-6-17-4)19(15,16)11-7-12(13)18-10(11)3/h7,9H,5-6,8H2,1-4H3. The molecule has 0 spiro atoms. The molecule has 19 heavy (non-hydrogen) atoms. The molecule has 0 saturated heterocycles. The molecule has 1 heterocycles. The van der Waals surface area contributed by atoms with Gasteiger partial charge in [-0.05, 0) is 34.8 Å². The summed E-state index contributed by atoms with van der Waals surface area (Å²) in [4.78, 5) is 1.19. The van der Waals surface area contributed by atoms with Gasteiger partial charge in [-0.1, -0.05) is 13.8 Å². The zero-order valence-corrected chi connectivity index (χ0v) is 14.9. The minimum absolute atomic E-state index is 0.272. The van der Waals surface area contributed by atoms with E-state index in [9.17, 15) is 8.42 Å². The van der Waals surface area contributed by atoms with E-state index in [1.54, 1.807) is 13.2 Å². The first-order valence-corrected chi connectivity index (χ1v) is 9.09. The second-order valence-corrected chi connectivity index (χ2v) is 9.26. The van der Waals surface area contributed by atoms with Crippen molar-refractivity contribution in [1.29, 1.82) is 0 Å². The van der Waals surface area contributed by atoms with Crippen LogP contribution in [0.25, 0.3) is 0 Å². The Bertz CT molecular complexity index is 511. The molecule has 1 aromatic heterocycles. The number of hydrogen-bond donors (Lipinski definition) is 0. The van der Waals surface area contributed by atoms with Crippen molar-refractivity contribution in [1.82, 2.24) is 4.31 Å². The summed E-state index contributed by atoms with van der Waals surface area (Å²) in [5.41, 5.74) is 0. The van der Waals surface area contributed by atoms with E-state index in [1.165, 1.54) is 15.6 Å². The summed E-state index contributed by atoms with van der Waals surface area (Å²) < 4.78 is 32.7. The number of rotatable bonds is 7. The van der Waals surface area contributed by atoms with Gasteiger partial charge in [0, 0.05) is 25.1 Å². The monoisotopic (exact) mass is 369 g/mol. The van der Waals surface area contributed by atoms with Crippen molar-refractivity contribution >= 4 is 37.3 Å². The maximum atomic E-state index is 12.7. The van der Waals surface area contributed by atoms with Crippen LogP contribution in [0.3, 0.4) is 0 Å². The fourth-order valence-corrected chi connectivity index (χ4v) is 5.71. The molecule has 0 saturated carbocycles. The number of methoxy groups -OCH3 is 1. The van der Waals surface area contributed by atoms with Crippen molar-refractivity contribution in [2.45, 2.75) is 25.7 Å². The summed E-state index contributed by atoms with van der Waals surface area (Å²) in [6.07, 6.45) is 0. The maximum absolute atomic E-state index is 12.7. The molecule has 0 N–H and O–H groups in total. The molecular formula is C12H20BrNO3S2. The van der Waals surface area contributed by atoms with Crippen LogP contribution in [0.15, 0.2) is 14.7 Å². The Morgan fingerprint density at radius 1 is 1.47 bits per heavy atom. The Morgan fingerprint density at radius 3 is 2.53 bits per heavy atom. The van der Waals surface area contributed by atoms with Gasteiger partial charge in [0.15, 0.2) is 0 Å². The second-order valence-electron chi connectivity index (χ2n) is 4.72. The smallest absolute Gasteiger partial charge is 0.244 e. The van der Waals surface area contributed by atoms with Crippen LogP contribution in [-0.2, 0) is 14.8 Å². The van der Waals surface area contributed by atoms with E-state index in [-0.39, 0.29) is 5.92 Å². The fraction of sp³-hybridized carbons (Fsp3) is 0.667. The van der Waals surface area contributed by atoms with Crippen molar-refractivity contribution < 1.29 is 13.2 Å². The number of halogens is 1. The van der Waals surface area contributed by atoms with Crippen LogP contribution in [0.1, 0.15) is 18.7 Å². The molecule has 0 aliphatic heterocycles. The van der Waals surface area contributed by atoms with Crippen LogP contribution in [0, 0.1) is 12.8 Å². The molecule has 0 bridgehead atoms. The van der Waals surface area contributed by atoms with Gasteiger partial charge >= 0.3 is 0 Å². The third-order valence-electron chi connectivity index (χ3n) is 2.57. The Labute approximate surface area is 127 Å². The first-order valence-electron chi connectivity index (χ1n) is 6.04. The van der Waals surface area contributed by atoms with Gasteiger partial charge in [-0.25, -0.2) is 8.42 Å². The molecule has 1 rings (SSSR count). The van der Waals surface area contributed by atoms with E-state index < -0.39 is 10.0 Å². The lowest BCUT2D eigenvalue weighted by atomic mass is 10.2. The number of sulfonamides is 1. The second kappa shape index (κ2) is 7.17. The third-order valence-corrected chi connectivity index (χ3v) is 6.25. The first-order chi connectivity index (χ1) is 8.78. The predicted octanol–water partition coefficient (Wildman–Crippen LogP) is 3.11. The molecule has 4 nitrogen and oxygen atoms in total. The molecule has 110 valence electrons. The summed E-state index contributed by atoms with van der Waals surface area (Å²) in [5.74, 6) is 0.272. The van der Waals surface area contributed by atoms with Crippen LogP contribution in [0.2, 0.25) is 0 Å². The highest BCUT2D eigenvalue weighted by Crippen LogP contribution is 2.31. The molecule has 1 aromatic rings. The quantitative estimate of drug-likeness (QED) is 0.741. The minimum Gasteiger partial charge on any atom is -0.383 e. The molecule has 0 radical (unpaired) electrons. The van der Waals surface area contributed by atoms with E-state index in [0.29, 0.717) is 24.6 Å². The average molecular weight is 370 g/mol. The van der Waals surface area contributed by atoms with E-state index >= 15 is 0 Å². The van der Waals surface area contributed by atoms with E-state index in [2.05, 4.69) is 15.9 Å². The molecule has 0 fully saturated rings. The van der Waals surface area contributed by atoms with Gasteiger partial charge in [0.1, 0.15) is 0 Å². The van der Waals surface area contributed by atoms with Crippen LogP contribution in [0.5, 0.6) is 0 Å². The van der Waals surface area contributed by atoms with Gasteiger partial charge < -0.3 is 4.74 Å². The van der Waals surface area contributed by atoms with Crippen molar-refractivity contribution in [2.24, 2.45) is 5.92 Å². The van der Waals surface area contributed by atoms with Crippen molar-refractivity contribution in [2.75, 3.05) is 26.8 Å². The molecule has 0 atom stereocenters. The number of ether oxygens (including phenoxy) is 1. The molecule has 0 aromatic carbocycles. The molecule has 7 heteroatoms. The topological polar surface area (TPSA) is 46.6 Å². The van der Waals surface area contributed by atoms with Crippen LogP contribution in [0.4, 0.5) is 0 Å². The lowest BCUT2D eigenvalue weighted by molar-refractivity contribution is 0.175. The number of nitrogens with zero attached hydrogens (tertiary/aromatic N) is 1. The number of hydrogen-bond acceptors (Lipinski definition) is 4. The predicted molar refractivity (Wildman–Crippen MR) is 82.2 cm³/mol. The van der Waals surface area contributed by atoms with Gasteiger partial charge in [-0.15, -0.1) is 11.3 Å². The summed E-state index contributed by atoms with van der Waals surface area (Å²) in [6, 6.07) is 1.68. The van der Waals surface area contributed by atoms with Crippen LogP contribution in [-0.4, -0.2) is 39.5 Å². The fourth-order valence-electron chi connectivity index (χ4n) is 1.74. The van der Waals surface area contributed by atoms with Gasteiger partial charge in [-0.2, -0.15) is 4.31 Å². The largest absolute Gasteiger partial charge is 0.383 e. The third kappa shape index (κ3) is 4.53. The Balaban J connectivity index is 3.07. The zero-order chi connectivity index (χ0) is 14.6. The summed E-state index contributed by atoms with van der Waals surface area (Å²) in [7, 11) is -1.87. The van der Waals surface area contributed by atoms with Crippen molar-refractivity contribution in [3.05, 3.63) is 14.7 Å². The Kier molecular flexibility index (Phi) is 6.46. The lowest BCUT2D eigenvalue weighted by Gasteiger charge is -2.23. The zero-order valence-electron chi connectivity index (χ0n) is 11.6. The first kappa shape index (κ1) is 17.1. The molecule has 0 aliphatic carbocycles. The maximum Gasteiger partial charge on any atom is 0.244 e. The summed E-state index contributed by atoms with van der Waals surface area (Å²) >= 11 is 4.77. The lowest BCUT2D eigenvalue weighted by Crippen LogP contribution is -2.36. The van der Waals surface area contributed by atoms with Gasteiger partial charge in [0.2, 0.25) is 10.0 Å². The molecule has 0 amide bonds. The average Bonchev–Trinajstić information content (AvgIpc) is 2.63. The highest BCUT2D eigenvalue weighted by molar-refractivity contribution is 9.11. The SMILES string of the molecule is COCCN(CC(C)C)S(=O)(=O)c1cc(Br)sc1C. The van der Waals surface area contributed by atoms with E-state index in [0.717, 1.165) is 8.66 Å². The highest BCUT2D eigenvalue weighted by Gasteiger charge is 2.27. The Morgan fingerprint density at radius 2 is 2.11 bits per heavy atom. The molecule has 0 unspecified atom stereocenters. The van der Waals surface area contributed by atoms with Gasteiger partial charge in [-0.3, -0.25) is 0 Å². The molecule has 0 aliphatic rings. The highest BCUT2D eigenvalue weighted by atomic mass is 79.9. The molecular weight excluding hydrogens is 350 g/mol. The van der Waals surface area contributed by atoms with Crippen LogP contribution < -0.4 is 0 Å². The summed E-state index contributed by atoms with van der Waals surface area (Å²) in [6.45, 7) is 7.11. The number of thiophene rings is 1. The van der Waals surface area contributed by atoms with E-state index in [4.69, 9.17) is 4.74 Å². The normalized spacial score (nSPS) is 12.6. The van der Waals surface area contributed by atoms with Crippen molar-refractivity contribution in [3.63, 3.8) is 0 Å². The van der Waals surface area contributed by atoms with Crippen molar-refractivity contribution in [3.8, 4) is 0 Å².